The van der Waals surface area contributed by atoms with Crippen molar-refractivity contribution in [1.29, 1.82) is 0 Å². The van der Waals surface area contributed by atoms with Crippen LogP contribution in [0.4, 0.5) is 0 Å². The lowest BCUT2D eigenvalue weighted by Gasteiger charge is -2.27. The van der Waals surface area contributed by atoms with E-state index in [-0.39, 0.29) is 19.1 Å². The Bertz CT molecular complexity index is 304. The average molecular weight is 211 g/mol. The van der Waals surface area contributed by atoms with Crippen molar-refractivity contribution < 1.29 is 9.90 Å². The molecule has 0 aliphatic heterocycles. The number of aromatic nitrogens is 2. The molecule has 0 bridgehead atoms. The van der Waals surface area contributed by atoms with Gasteiger partial charge in [0.2, 0.25) is 5.91 Å². The van der Waals surface area contributed by atoms with Gasteiger partial charge in [0.1, 0.15) is 6.54 Å². The number of carbonyl (C=O) groups excluding carboxylic acids is 1. The first-order chi connectivity index (χ1) is 7.09. The Labute approximate surface area is 89.1 Å². The zero-order chi connectivity index (χ0) is 11.3. The van der Waals surface area contributed by atoms with Gasteiger partial charge in [-0.25, -0.2) is 0 Å². The molecule has 0 aliphatic carbocycles. The van der Waals surface area contributed by atoms with Crippen molar-refractivity contribution in [3.63, 3.8) is 0 Å². The second kappa shape index (κ2) is 4.93. The van der Waals surface area contributed by atoms with Crippen LogP contribution in [-0.2, 0) is 11.3 Å². The van der Waals surface area contributed by atoms with Crippen molar-refractivity contribution in [2.75, 3.05) is 6.61 Å². The zero-order valence-electron chi connectivity index (χ0n) is 9.10. The predicted octanol–water partition coefficient (Wildman–Crippen LogP) is 0.160. The molecule has 1 rings (SSSR count). The molecule has 1 atom stereocenters. The first-order valence-electron chi connectivity index (χ1n) is 4.99. The molecule has 5 heteroatoms. The van der Waals surface area contributed by atoms with Gasteiger partial charge >= 0.3 is 0 Å². The van der Waals surface area contributed by atoms with Crippen molar-refractivity contribution in [2.24, 2.45) is 0 Å². The van der Waals surface area contributed by atoms with E-state index in [4.69, 9.17) is 5.11 Å². The first kappa shape index (κ1) is 11.7. The fourth-order valence-corrected chi connectivity index (χ4v) is 1.16. The number of carbonyl (C=O) groups is 1. The lowest BCUT2D eigenvalue weighted by molar-refractivity contribution is -0.124. The van der Waals surface area contributed by atoms with Gasteiger partial charge in [-0.3, -0.25) is 9.48 Å². The quantitative estimate of drug-likeness (QED) is 0.729. The van der Waals surface area contributed by atoms with E-state index >= 15 is 0 Å². The fraction of sp³-hybridized carbons (Fsp3) is 0.600. The molecule has 1 amide bonds. The van der Waals surface area contributed by atoms with Crippen molar-refractivity contribution in [3.8, 4) is 0 Å². The summed E-state index contributed by atoms with van der Waals surface area (Å²) in [6.07, 6.45) is 4.04. The number of nitrogens with one attached hydrogen (secondary N) is 1. The second-order valence-electron chi connectivity index (χ2n) is 3.82. The molecule has 0 aromatic carbocycles. The summed E-state index contributed by atoms with van der Waals surface area (Å²) in [4.78, 5) is 11.6. The molecular formula is C10H17N3O2. The highest BCUT2D eigenvalue weighted by Crippen LogP contribution is 2.07. The van der Waals surface area contributed by atoms with Gasteiger partial charge in [0.05, 0.1) is 12.1 Å². The van der Waals surface area contributed by atoms with Crippen LogP contribution in [0.5, 0.6) is 0 Å². The lowest BCUT2D eigenvalue weighted by Crippen LogP contribution is -2.49. The summed E-state index contributed by atoms with van der Waals surface area (Å²) in [5, 5.41) is 15.8. The molecule has 1 heterocycles. The number of hydrogen-bond acceptors (Lipinski definition) is 3. The van der Waals surface area contributed by atoms with Crippen LogP contribution in [0.2, 0.25) is 0 Å². The van der Waals surface area contributed by atoms with Crippen LogP contribution >= 0.6 is 0 Å². The fourth-order valence-electron chi connectivity index (χ4n) is 1.16. The Morgan fingerprint density at radius 3 is 2.87 bits per heavy atom. The minimum Gasteiger partial charge on any atom is -0.394 e. The van der Waals surface area contributed by atoms with E-state index in [2.05, 4.69) is 10.4 Å². The Morgan fingerprint density at radius 2 is 2.40 bits per heavy atom. The van der Waals surface area contributed by atoms with Crippen LogP contribution in [0.25, 0.3) is 0 Å². The van der Waals surface area contributed by atoms with E-state index in [9.17, 15) is 4.79 Å². The van der Waals surface area contributed by atoms with Gasteiger partial charge in [-0.1, -0.05) is 6.92 Å². The number of aliphatic hydroxyl groups is 1. The molecule has 0 aliphatic rings. The van der Waals surface area contributed by atoms with Crippen LogP contribution < -0.4 is 5.32 Å². The Hall–Kier alpha value is -1.36. The molecule has 15 heavy (non-hydrogen) atoms. The van der Waals surface area contributed by atoms with Crippen LogP contribution in [0, 0.1) is 0 Å². The summed E-state index contributed by atoms with van der Waals surface area (Å²) >= 11 is 0. The molecule has 0 radical (unpaired) electrons. The molecule has 0 fully saturated rings. The average Bonchev–Trinajstić information content (AvgIpc) is 2.70. The minimum atomic E-state index is -0.537. The largest absolute Gasteiger partial charge is 0.394 e. The van der Waals surface area contributed by atoms with Crippen LogP contribution in [0.15, 0.2) is 18.5 Å². The second-order valence-corrected chi connectivity index (χ2v) is 3.82. The number of aliphatic hydroxyl groups excluding tert-OH is 1. The van der Waals surface area contributed by atoms with Crippen LogP contribution in [0.1, 0.15) is 20.3 Å². The summed E-state index contributed by atoms with van der Waals surface area (Å²) in [7, 11) is 0. The standard InChI is InChI=1S/C10H17N3O2/c1-3-10(2,8-14)12-9(15)7-13-6-4-5-11-13/h4-6,14H,3,7-8H2,1-2H3,(H,12,15). The predicted molar refractivity (Wildman–Crippen MR) is 56.2 cm³/mol. The maximum absolute atomic E-state index is 11.6. The highest BCUT2D eigenvalue weighted by molar-refractivity contribution is 5.76. The minimum absolute atomic E-state index is 0.0612. The summed E-state index contributed by atoms with van der Waals surface area (Å²) in [5.74, 6) is -0.142. The van der Waals surface area contributed by atoms with Crippen molar-refractivity contribution >= 4 is 5.91 Å². The van der Waals surface area contributed by atoms with Gasteiger partial charge in [0.25, 0.3) is 0 Å². The monoisotopic (exact) mass is 211 g/mol. The summed E-state index contributed by atoms with van der Waals surface area (Å²) in [5.41, 5.74) is -0.537. The van der Waals surface area contributed by atoms with Gasteiger partial charge in [0.15, 0.2) is 0 Å². The van der Waals surface area contributed by atoms with E-state index in [1.54, 1.807) is 23.1 Å². The van der Waals surface area contributed by atoms with Gasteiger partial charge in [-0.05, 0) is 19.4 Å². The molecule has 1 aromatic heterocycles. The third-order valence-corrected chi connectivity index (χ3v) is 2.44. The van der Waals surface area contributed by atoms with E-state index in [1.165, 1.54) is 0 Å². The number of amides is 1. The van der Waals surface area contributed by atoms with Crippen molar-refractivity contribution in [3.05, 3.63) is 18.5 Å². The maximum Gasteiger partial charge on any atom is 0.242 e. The Kier molecular flexibility index (Phi) is 3.85. The lowest BCUT2D eigenvalue weighted by atomic mass is 10.0. The summed E-state index contributed by atoms with van der Waals surface area (Å²) in [6, 6.07) is 1.76. The third-order valence-electron chi connectivity index (χ3n) is 2.44. The number of nitrogens with zero attached hydrogens (tertiary/aromatic N) is 2. The third kappa shape index (κ3) is 3.36. The number of rotatable bonds is 5. The molecule has 84 valence electrons. The topological polar surface area (TPSA) is 67.2 Å². The molecule has 1 aromatic rings. The highest BCUT2D eigenvalue weighted by Gasteiger charge is 2.22. The van der Waals surface area contributed by atoms with E-state index in [0.29, 0.717) is 6.42 Å². The normalized spacial score (nSPS) is 14.6. The Balaban J connectivity index is 2.49. The maximum atomic E-state index is 11.6. The van der Waals surface area contributed by atoms with Gasteiger partial charge in [-0.2, -0.15) is 5.10 Å². The molecule has 0 saturated carbocycles. The van der Waals surface area contributed by atoms with Crippen LogP contribution in [-0.4, -0.2) is 32.9 Å². The van der Waals surface area contributed by atoms with Gasteiger partial charge in [0, 0.05) is 12.4 Å². The van der Waals surface area contributed by atoms with Gasteiger partial charge < -0.3 is 10.4 Å². The first-order valence-corrected chi connectivity index (χ1v) is 4.99. The van der Waals surface area contributed by atoms with Crippen LogP contribution in [0.3, 0.4) is 0 Å². The zero-order valence-corrected chi connectivity index (χ0v) is 9.10. The molecule has 0 spiro atoms. The molecule has 2 N–H and O–H groups in total. The van der Waals surface area contributed by atoms with Gasteiger partial charge in [-0.15, -0.1) is 0 Å². The Morgan fingerprint density at radius 1 is 1.67 bits per heavy atom. The molecule has 0 saturated heterocycles. The number of hydrogen-bond donors (Lipinski definition) is 2. The molecule has 1 unspecified atom stereocenters. The van der Waals surface area contributed by atoms with E-state index in [0.717, 1.165) is 0 Å². The summed E-state index contributed by atoms with van der Waals surface area (Å²) in [6.45, 7) is 3.86. The van der Waals surface area contributed by atoms with Crippen molar-refractivity contribution in [1.82, 2.24) is 15.1 Å². The SMILES string of the molecule is CCC(C)(CO)NC(=O)Cn1cccn1. The molecule has 5 nitrogen and oxygen atoms in total. The highest BCUT2D eigenvalue weighted by atomic mass is 16.3. The van der Waals surface area contributed by atoms with Crippen molar-refractivity contribution in [2.45, 2.75) is 32.4 Å². The smallest absolute Gasteiger partial charge is 0.242 e. The molecular weight excluding hydrogens is 194 g/mol. The van der Waals surface area contributed by atoms with E-state index in [1.807, 2.05) is 13.8 Å². The summed E-state index contributed by atoms with van der Waals surface area (Å²) < 4.78 is 1.54. The van der Waals surface area contributed by atoms with E-state index < -0.39 is 5.54 Å².